The van der Waals surface area contributed by atoms with E-state index in [9.17, 15) is 13.2 Å². The molecular weight excluding hydrogens is 594 g/mol. The van der Waals surface area contributed by atoms with Gasteiger partial charge in [-0.25, -0.2) is 18.4 Å². The van der Waals surface area contributed by atoms with Crippen LogP contribution < -0.4 is 14.8 Å². The lowest BCUT2D eigenvalue weighted by Gasteiger charge is -2.34. The molecule has 5 heterocycles. The third-order valence-corrected chi connectivity index (χ3v) is 9.02. The molecular formula is C27H29N9O5S2. The van der Waals surface area contributed by atoms with Crippen molar-refractivity contribution in [2.45, 2.75) is 37.5 Å². The number of nitrogens with one attached hydrogen (secondary N) is 4. The Hall–Kier alpha value is -4.38. The van der Waals surface area contributed by atoms with Gasteiger partial charge in [-0.05, 0) is 37.6 Å². The van der Waals surface area contributed by atoms with Crippen LogP contribution in [0.5, 0.6) is 5.88 Å². The number of hydrogen-bond acceptors (Lipinski definition) is 11. The zero-order chi connectivity index (χ0) is 30.1. The third kappa shape index (κ3) is 6.22. The van der Waals surface area contributed by atoms with Crippen LogP contribution >= 0.6 is 11.3 Å². The van der Waals surface area contributed by atoms with E-state index in [-0.39, 0.29) is 34.6 Å². The molecule has 14 nitrogen and oxygen atoms in total. The Labute approximate surface area is 250 Å². The van der Waals surface area contributed by atoms with E-state index in [0.717, 1.165) is 18.1 Å². The molecule has 1 fully saturated rings. The molecule has 0 spiro atoms. The zero-order valence-corrected chi connectivity index (χ0v) is 25.1. The summed E-state index contributed by atoms with van der Waals surface area (Å²) in [6, 6.07) is 5.21. The molecule has 16 heteroatoms. The van der Waals surface area contributed by atoms with Crippen LogP contribution in [0.1, 0.15) is 29.3 Å². The molecule has 0 aliphatic carbocycles. The molecule has 1 aliphatic rings. The molecule has 1 aliphatic heterocycles. The van der Waals surface area contributed by atoms with E-state index in [1.807, 2.05) is 6.07 Å². The van der Waals surface area contributed by atoms with E-state index in [1.165, 1.54) is 30.8 Å². The number of carbonyl (C=O) groups excluding carboxylic acids is 1. The molecule has 0 radical (unpaired) electrons. The number of morpholine rings is 1. The average Bonchev–Trinajstić information content (AvgIpc) is 3.75. The van der Waals surface area contributed by atoms with E-state index in [0.29, 0.717) is 40.0 Å². The van der Waals surface area contributed by atoms with Crippen molar-refractivity contribution in [2.24, 2.45) is 0 Å². The number of rotatable bonds is 9. The first-order valence-electron chi connectivity index (χ1n) is 13.3. The highest BCUT2D eigenvalue weighted by Crippen LogP contribution is 2.34. The van der Waals surface area contributed by atoms with Crippen LogP contribution in [0.15, 0.2) is 53.3 Å². The third-order valence-electron chi connectivity index (χ3n) is 6.85. The summed E-state index contributed by atoms with van der Waals surface area (Å²) in [5, 5.41) is 19.5. The van der Waals surface area contributed by atoms with Crippen molar-refractivity contribution in [1.29, 1.82) is 0 Å². The van der Waals surface area contributed by atoms with Gasteiger partial charge in [0.2, 0.25) is 5.88 Å². The van der Waals surface area contributed by atoms with Crippen LogP contribution in [-0.4, -0.2) is 82.0 Å². The number of nitrogens with zero attached hydrogens (tertiary/aromatic N) is 5. The number of aromatic amines is 2. The Morgan fingerprint density at radius 1 is 1.12 bits per heavy atom. The summed E-state index contributed by atoms with van der Waals surface area (Å²) in [5.41, 5.74) is 2.85. The van der Waals surface area contributed by atoms with Crippen molar-refractivity contribution in [3.8, 4) is 17.0 Å². The number of amides is 1. The fourth-order valence-corrected chi connectivity index (χ4v) is 6.80. The van der Waals surface area contributed by atoms with E-state index < -0.39 is 10.0 Å². The number of benzene rings is 1. The molecule has 1 aromatic carbocycles. The number of ether oxygens (including phenoxy) is 2. The van der Waals surface area contributed by atoms with Gasteiger partial charge < -0.3 is 14.8 Å². The van der Waals surface area contributed by atoms with Crippen molar-refractivity contribution in [2.75, 3.05) is 30.2 Å². The predicted molar refractivity (Wildman–Crippen MR) is 161 cm³/mol. The SMILES string of the molecule is COc1ncc(-c2cc(NC(=O)c3csc(CN4CC(C)OC(C)C4)n3)c3cn[nH]c3c2)cc1NS(=O)(=O)c1cn[nH]c1. The minimum absolute atomic E-state index is 0.0388. The number of thiazole rings is 1. The van der Waals surface area contributed by atoms with Gasteiger partial charge in [0.15, 0.2) is 0 Å². The Morgan fingerprint density at radius 3 is 2.65 bits per heavy atom. The highest BCUT2D eigenvalue weighted by molar-refractivity contribution is 7.92. The van der Waals surface area contributed by atoms with Crippen molar-refractivity contribution in [3.63, 3.8) is 0 Å². The highest BCUT2D eigenvalue weighted by atomic mass is 32.2. The summed E-state index contributed by atoms with van der Waals surface area (Å²) in [6.07, 6.45) is 5.93. The van der Waals surface area contributed by atoms with E-state index in [2.05, 4.69) is 59.1 Å². The standard InChI is InChI=1S/C27H29N9O5S2/c1-15-11-36(12-16(2)41-15)13-25-32-24(14-42-25)26(37)33-21-4-17(5-22-20(21)10-31-34-22)18-6-23(27(40-3)28-7-18)35-43(38,39)19-8-29-30-9-19/h4-10,14-16,35H,11-13H2,1-3H3,(H,29,30)(H,31,34)(H,33,37). The van der Waals surface area contributed by atoms with Crippen molar-refractivity contribution in [3.05, 3.63) is 59.1 Å². The molecule has 43 heavy (non-hydrogen) atoms. The second-order valence-corrected chi connectivity index (χ2v) is 12.8. The number of carbonyl (C=O) groups is 1. The Balaban J connectivity index is 1.25. The average molecular weight is 624 g/mol. The first kappa shape index (κ1) is 28.7. The Bertz CT molecular complexity index is 1860. The topological polar surface area (TPSA) is 180 Å². The summed E-state index contributed by atoms with van der Waals surface area (Å²) < 4.78 is 39.3. The molecule has 0 saturated carbocycles. The maximum atomic E-state index is 13.3. The maximum Gasteiger partial charge on any atom is 0.275 e. The zero-order valence-electron chi connectivity index (χ0n) is 23.5. The lowest BCUT2D eigenvalue weighted by molar-refractivity contribution is -0.0705. The molecule has 6 rings (SSSR count). The summed E-state index contributed by atoms with van der Waals surface area (Å²) in [6.45, 7) is 6.37. The fraction of sp³-hybridized carbons (Fsp3) is 0.296. The van der Waals surface area contributed by atoms with Crippen LogP contribution in [0.25, 0.3) is 22.0 Å². The van der Waals surface area contributed by atoms with Crippen LogP contribution in [0.4, 0.5) is 11.4 Å². The number of pyridine rings is 1. The van der Waals surface area contributed by atoms with Gasteiger partial charge in [0.1, 0.15) is 21.3 Å². The normalized spacial score (nSPS) is 17.7. The van der Waals surface area contributed by atoms with Crippen LogP contribution in [0, 0.1) is 0 Å². The maximum absolute atomic E-state index is 13.3. The number of hydrogen-bond donors (Lipinski definition) is 4. The van der Waals surface area contributed by atoms with Crippen LogP contribution in [0.3, 0.4) is 0 Å². The first-order valence-corrected chi connectivity index (χ1v) is 15.7. The first-order chi connectivity index (χ1) is 20.7. The van der Waals surface area contributed by atoms with Gasteiger partial charge in [0, 0.05) is 41.8 Å². The molecule has 2 unspecified atom stereocenters. The van der Waals surface area contributed by atoms with Crippen molar-refractivity contribution in [1.82, 2.24) is 35.3 Å². The number of sulfonamides is 1. The molecule has 5 aromatic rings. The molecule has 0 bridgehead atoms. The second-order valence-electron chi connectivity index (χ2n) is 10.2. The lowest BCUT2D eigenvalue weighted by Crippen LogP contribution is -2.44. The number of fused-ring (bicyclic) bond motifs is 1. The Morgan fingerprint density at radius 2 is 1.91 bits per heavy atom. The number of methoxy groups -OCH3 is 1. The van der Waals surface area contributed by atoms with Crippen LogP contribution in [0.2, 0.25) is 0 Å². The van der Waals surface area contributed by atoms with Gasteiger partial charge in [-0.2, -0.15) is 10.2 Å². The number of anilines is 2. The van der Waals surface area contributed by atoms with E-state index >= 15 is 0 Å². The second kappa shape index (κ2) is 11.7. The summed E-state index contributed by atoms with van der Waals surface area (Å²) in [5.74, 6) is -0.264. The van der Waals surface area contributed by atoms with Crippen molar-refractivity contribution >= 4 is 49.5 Å². The summed E-state index contributed by atoms with van der Waals surface area (Å²) in [4.78, 5) is 24.4. The number of aromatic nitrogens is 6. The van der Waals surface area contributed by atoms with E-state index in [1.54, 1.807) is 29.9 Å². The van der Waals surface area contributed by atoms with Gasteiger partial charge in [-0.3, -0.25) is 24.6 Å². The molecule has 4 aromatic heterocycles. The molecule has 1 saturated heterocycles. The van der Waals surface area contributed by atoms with Gasteiger partial charge in [-0.15, -0.1) is 11.3 Å². The van der Waals surface area contributed by atoms with Crippen molar-refractivity contribution < 1.29 is 22.7 Å². The van der Waals surface area contributed by atoms with E-state index in [4.69, 9.17) is 9.47 Å². The molecule has 224 valence electrons. The largest absolute Gasteiger partial charge is 0.480 e. The summed E-state index contributed by atoms with van der Waals surface area (Å²) in [7, 11) is -2.55. The lowest BCUT2D eigenvalue weighted by atomic mass is 10.0. The molecule has 1 amide bonds. The minimum Gasteiger partial charge on any atom is -0.480 e. The van der Waals surface area contributed by atoms with Gasteiger partial charge in [0.25, 0.3) is 15.9 Å². The number of H-pyrrole nitrogens is 2. The quantitative estimate of drug-likeness (QED) is 0.190. The minimum atomic E-state index is -3.95. The monoisotopic (exact) mass is 623 g/mol. The predicted octanol–water partition coefficient (Wildman–Crippen LogP) is 3.48. The highest BCUT2D eigenvalue weighted by Gasteiger charge is 2.24. The van der Waals surface area contributed by atoms with Gasteiger partial charge in [0.05, 0.1) is 49.5 Å². The fourth-order valence-electron chi connectivity index (χ4n) is 5.04. The summed E-state index contributed by atoms with van der Waals surface area (Å²) >= 11 is 1.44. The van der Waals surface area contributed by atoms with Gasteiger partial charge >= 0.3 is 0 Å². The molecule has 4 N–H and O–H groups in total. The van der Waals surface area contributed by atoms with Gasteiger partial charge in [-0.1, -0.05) is 0 Å². The Kier molecular flexibility index (Phi) is 7.83. The smallest absolute Gasteiger partial charge is 0.275 e. The van der Waals surface area contributed by atoms with Crippen LogP contribution in [-0.2, 0) is 21.3 Å². The molecule has 2 atom stereocenters.